The number of carbonyl (C=O) groups is 1. The first-order valence-corrected chi connectivity index (χ1v) is 10.5. The Balaban J connectivity index is 1.50. The fraction of sp³-hybridized carbons (Fsp3) is 0.111. The van der Waals surface area contributed by atoms with E-state index in [-0.39, 0.29) is 16.9 Å². The van der Waals surface area contributed by atoms with Gasteiger partial charge in [-0.1, -0.05) is 24.3 Å². The zero-order valence-electron chi connectivity index (χ0n) is 18.7. The Morgan fingerprint density at radius 1 is 0.824 bits per heavy atom. The summed E-state index contributed by atoms with van der Waals surface area (Å²) in [7, 11) is 3.08. The molecular weight excluding hydrogens is 436 g/mol. The number of carbonyl (C=O) groups excluding carboxylic acids is 1. The molecule has 0 aliphatic heterocycles. The summed E-state index contributed by atoms with van der Waals surface area (Å²) >= 11 is 0. The van der Waals surface area contributed by atoms with Crippen molar-refractivity contribution in [3.63, 3.8) is 0 Å². The van der Waals surface area contributed by atoms with Crippen molar-refractivity contribution in [2.24, 2.45) is 0 Å². The number of furan rings is 1. The highest BCUT2D eigenvalue weighted by Crippen LogP contribution is 2.33. The molecule has 0 aliphatic carbocycles. The van der Waals surface area contributed by atoms with Gasteiger partial charge in [-0.3, -0.25) is 4.79 Å². The Morgan fingerprint density at radius 3 is 2.38 bits per heavy atom. The first-order chi connectivity index (χ1) is 16.5. The van der Waals surface area contributed by atoms with E-state index < -0.39 is 5.97 Å². The average Bonchev–Trinajstić information content (AvgIpc) is 3.28. The quantitative estimate of drug-likeness (QED) is 0.246. The smallest absolute Gasteiger partial charge is 0.379 e. The number of aryl methyl sites for hydroxylation is 1. The lowest BCUT2D eigenvalue weighted by atomic mass is 10.0. The summed E-state index contributed by atoms with van der Waals surface area (Å²) in [6, 6.07) is 18.8. The maximum atomic E-state index is 13.3. The molecule has 5 aromatic rings. The molecule has 0 unspecified atom stereocenters. The fourth-order valence-electron chi connectivity index (χ4n) is 3.91. The number of benzene rings is 3. The Bertz CT molecular complexity index is 1570. The van der Waals surface area contributed by atoms with Gasteiger partial charge in [-0.05, 0) is 48.9 Å². The van der Waals surface area contributed by atoms with Crippen LogP contribution in [0.2, 0.25) is 0 Å². The van der Waals surface area contributed by atoms with Crippen LogP contribution in [0.15, 0.2) is 80.4 Å². The number of fused-ring (bicyclic) bond motifs is 2. The molecule has 0 spiro atoms. The highest BCUT2D eigenvalue weighted by atomic mass is 16.5. The average molecular weight is 456 g/mol. The molecule has 0 radical (unpaired) electrons. The highest BCUT2D eigenvalue weighted by Gasteiger charge is 2.18. The van der Waals surface area contributed by atoms with Gasteiger partial charge in [0.05, 0.1) is 25.2 Å². The van der Waals surface area contributed by atoms with E-state index >= 15 is 0 Å². The lowest BCUT2D eigenvalue weighted by Gasteiger charge is -2.11. The first-order valence-electron chi connectivity index (χ1n) is 10.5. The molecule has 5 rings (SSSR count). The normalized spacial score (nSPS) is 11.0. The maximum Gasteiger partial charge on any atom is 0.379 e. The first kappa shape index (κ1) is 21.3. The minimum atomic E-state index is -0.642. The summed E-state index contributed by atoms with van der Waals surface area (Å²) in [6.07, 6.45) is 0. The van der Waals surface area contributed by atoms with Crippen molar-refractivity contribution < 1.29 is 27.8 Å². The van der Waals surface area contributed by atoms with Crippen molar-refractivity contribution in [1.29, 1.82) is 0 Å². The molecule has 0 saturated heterocycles. The molecule has 170 valence electrons. The number of methoxy groups -OCH3 is 2. The van der Waals surface area contributed by atoms with Crippen molar-refractivity contribution in [2.75, 3.05) is 14.2 Å². The molecule has 0 fully saturated rings. The fourth-order valence-corrected chi connectivity index (χ4v) is 3.91. The minimum Gasteiger partial charge on any atom is -0.493 e. The minimum absolute atomic E-state index is 0.0859. The second-order valence-corrected chi connectivity index (χ2v) is 7.63. The van der Waals surface area contributed by atoms with Crippen molar-refractivity contribution in [3.8, 4) is 28.4 Å². The molecule has 7 heteroatoms. The molecule has 0 aliphatic rings. The Labute approximate surface area is 194 Å². The van der Waals surface area contributed by atoms with Crippen LogP contribution in [0.4, 0.5) is 0 Å². The standard InChI is InChI=1S/C27H20O7/c1-15-25(17-8-11-21(30-2)23(13-17)31-3)26(28)19-10-9-18(14-22(19)32-15)33-27(29)24-12-16-6-4-5-7-20(16)34-24/h4-14H,1-3H3. The molecule has 34 heavy (non-hydrogen) atoms. The second-order valence-electron chi connectivity index (χ2n) is 7.63. The van der Waals surface area contributed by atoms with E-state index in [1.165, 1.54) is 13.2 Å². The van der Waals surface area contributed by atoms with Gasteiger partial charge in [0.15, 0.2) is 11.5 Å². The molecular formula is C27H20O7. The van der Waals surface area contributed by atoms with Gasteiger partial charge in [0.1, 0.15) is 22.7 Å². The summed E-state index contributed by atoms with van der Waals surface area (Å²) in [6.45, 7) is 1.71. The summed E-state index contributed by atoms with van der Waals surface area (Å²) in [5.41, 5.74) is 1.76. The lowest BCUT2D eigenvalue weighted by molar-refractivity contribution is 0.0704. The molecule has 0 saturated carbocycles. The highest BCUT2D eigenvalue weighted by molar-refractivity contribution is 5.94. The summed E-state index contributed by atoms with van der Waals surface area (Å²) < 4.78 is 27.6. The third-order valence-electron chi connectivity index (χ3n) is 5.55. The molecule has 0 amide bonds. The van der Waals surface area contributed by atoms with E-state index in [1.807, 2.05) is 18.2 Å². The van der Waals surface area contributed by atoms with Crippen LogP contribution in [-0.2, 0) is 0 Å². The van der Waals surface area contributed by atoms with Gasteiger partial charge in [0.25, 0.3) is 0 Å². The van der Waals surface area contributed by atoms with E-state index in [4.69, 9.17) is 23.0 Å². The molecule has 7 nitrogen and oxygen atoms in total. The van der Waals surface area contributed by atoms with E-state index in [1.54, 1.807) is 56.5 Å². The molecule has 0 N–H and O–H groups in total. The summed E-state index contributed by atoms with van der Waals surface area (Å²) in [5.74, 6) is 1.17. The molecule has 0 atom stereocenters. The van der Waals surface area contributed by atoms with Crippen molar-refractivity contribution in [3.05, 3.63) is 88.5 Å². The number of hydrogen-bond acceptors (Lipinski definition) is 7. The van der Waals surface area contributed by atoms with Gasteiger partial charge < -0.3 is 23.0 Å². The topological polar surface area (TPSA) is 88.1 Å². The van der Waals surface area contributed by atoms with Gasteiger partial charge in [-0.25, -0.2) is 4.79 Å². The Morgan fingerprint density at radius 2 is 1.62 bits per heavy atom. The molecule has 2 heterocycles. The predicted molar refractivity (Wildman–Crippen MR) is 127 cm³/mol. The van der Waals surface area contributed by atoms with Crippen LogP contribution in [-0.4, -0.2) is 20.2 Å². The van der Waals surface area contributed by atoms with Gasteiger partial charge in [-0.2, -0.15) is 0 Å². The lowest BCUT2D eigenvalue weighted by Crippen LogP contribution is -2.09. The van der Waals surface area contributed by atoms with Gasteiger partial charge in [0.2, 0.25) is 11.2 Å². The van der Waals surface area contributed by atoms with Crippen molar-refractivity contribution >= 4 is 27.9 Å². The molecule has 0 bridgehead atoms. The third kappa shape index (κ3) is 3.67. The Kier molecular flexibility index (Phi) is 5.30. The maximum absolute atomic E-state index is 13.3. The monoisotopic (exact) mass is 456 g/mol. The molecule has 2 aromatic heterocycles. The zero-order valence-corrected chi connectivity index (χ0v) is 18.7. The van der Waals surface area contributed by atoms with E-state index in [0.717, 1.165) is 5.39 Å². The van der Waals surface area contributed by atoms with Crippen LogP contribution < -0.4 is 19.6 Å². The van der Waals surface area contributed by atoms with Gasteiger partial charge >= 0.3 is 5.97 Å². The van der Waals surface area contributed by atoms with Crippen LogP contribution >= 0.6 is 0 Å². The predicted octanol–water partition coefficient (Wildman–Crippen LogP) is 5.75. The third-order valence-corrected chi connectivity index (χ3v) is 5.55. The van der Waals surface area contributed by atoms with Crippen LogP contribution in [0.3, 0.4) is 0 Å². The number of rotatable bonds is 5. The van der Waals surface area contributed by atoms with Crippen LogP contribution in [0.25, 0.3) is 33.1 Å². The van der Waals surface area contributed by atoms with E-state index in [2.05, 4.69) is 0 Å². The van der Waals surface area contributed by atoms with Crippen LogP contribution in [0.1, 0.15) is 16.3 Å². The van der Waals surface area contributed by atoms with Crippen molar-refractivity contribution in [2.45, 2.75) is 6.92 Å². The zero-order chi connectivity index (χ0) is 23.8. The summed E-state index contributed by atoms with van der Waals surface area (Å²) in [4.78, 5) is 25.9. The largest absolute Gasteiger partial charge is 0.493 e. The number of para-hydroxylation sites is 1. The van der Waals surface area contributed by atoms with Crippen LogP contribution in [0.5, 0.6) is 17.2 Å². The van der Waals surface area contributed by atoms with Crippen molar-refractivity contribution in [1.82, 2.24) is 0 Å². The number of hydrogen-bond donors (Lipinski definition) is 0. The summed E-state index contributed by atoms with van der Waals surface area (Å²) in [5, 5.41) is 1.16. The SMILES string of the molecule is COc1ccc(-c2c(C)oc3cc(OC(=O)c4cc5ccccc5o4)ccc3c2=O)cc1OC. The Hall–Kier alpha value is -4.52. The van der Waals surface area contributed by atoms with Crippen LogP contribution in [0, 0.1) is 6.92 Å². The second kappa shape index (κ2) is 8.44. The van der Waals surface area contributed by atoms with E-state index in [0.29, 0.717) is 44.9 Å². The molecule has 3 aromatic carbocycles. The van der Waals surface area contributed by atoms with Gasteiger partial charge in [-0.15, -0.1) is 0 Å². The van der Waals surface area contributed by atoms with E-state index in [9.17, 15) is 9.59 Å². The van der Waals surface area contributed by atoms with Gasteiger partial charge in [0, 0.05) is 11.5 Å². The number of esters is 1. The number of ether oxygens (including phenoxy) is 3.